The van der Waals surface area contributed by atoms with E-state index in [9.17, 15) is 35.9 Å². The van der Waals surface area contributed by atoms with Gasteiger partial charge in [-0.1, -0.05) is 11.6 Å². The minimum atomic E-state index is -5.04. The Morgan fingerprint density at radius 3 is 2.48 bits per heavy atom. The number of halogens is 8. The molecule has 0 spiro atoms. The average molecular weight is 585 g/mol. The first-order valence-electron chi connectivity index (χ1n) is 11.5. The highest BCUT2D eigenvalue weighted by atomic mass is 35.5. The van der Waals surface area contributed by atoms with Gasteiger partial charge in [-0.2, -0.15) is 18.3 Å². The summed E-state index contributed by atoms with van der Waals surface area (Å²) in [5, 5.41) is 6.74. The summed E-state index contributed by atoms with van der Waals surface area (Å²) in [6, 6.07) is 3.62. The van der Waals surface area contributed by atoms with Gasteiger partial charge < -0.3 is 11.1 Å². The van der Waals surface area contributed by atoms with E-state index in [1.165, 1.54) is 13.0 Å². The molecule has 2 amide bonds. The molecule has 0 fully saturated rings. The first kappa shape index (κ1) is 27.4. The van der Waals surface area contributed by atoms with Gasteiger partial charge in [0.25, 0.3) is 12.3 Å². The van der Waals surface area contributed by atoms with Gasteiger partial charge in [0.1, 0.15) is 18.2 Å². The summed E-state index contributed by atoms with van der Waals surface area (Å²) in [5.41, 5.74) is 1.77. The van der Waals surface area contributed by atoms with Crippen LogP contribution in [0.5, 0.6) is 0 Å². The van der Waals surface area contributed by atoms with Gasteiger partial charge in [0.15, 0.2) is 0 Å². The van der Waals surface area contributed by atoms with Crippen LogP contribution in [-0.4, -0.2) is 28.0 Å². The van der Waals surface area contributed by atoms with Gasteiger partial charge in [-0.3, -0.25) is 14.3 Å². The van der Waals surface area contributed by atoms with Crippen molar-refractivity contribution in [2.45, 2.75) is 32.1 Å². The number of primary amides is 1. The molecule has 3 aromatic carbocycles. The number of alkyl halides is 5. The summed E-state index contributed by atoms with van der Waals surface area (Å²) in [6.45, 7) is 0.509. The van der Waals surface area contributed by atoms with E-state index < -0.39 is 65.3 Å². The molecule has 1 aliphatic rings. The number of carbonyl (C=O) groups excluding carboxylic acids is 2. The molecule has 2 heterocycles. The number of benzene rings is 3. The fourth-order valence-electron chi connectivity index (χ4n) is 5.03. The Hall–Kier alpha value is -4.13. The van der Waals surface area contributed by atoms with Crippen molar-refractivity contribution in [3.63, 3.8) is 0 Å². The Bertz CT molecular complexity index is 1730. The number of nitrogens with one attached hydrogen (secondary N) is 1. The first-order valence-corrected chi connectivity index (χ1v) is 11.9. The van der Waals surface area contributed by atoms with Gasteiger partial charge in [0.05, 0.1) is 33.9 Å². The Balaban J connectivity index is 1.95. The molecule has 0 bridgehead atoms. The molecule has 5 rings (SSSR count). The molecule has 4 aromatic rings. The second-order valence-corrected chi connectivity index (χ2v) is 9.49. The van der Waals surface area contributed by atoms with Crippen LogP contribution in [0.3, 0.4) is 0 Å². The second kappa shape index (κ2) is 9.51. The number of nitrogens with two attached hydrogens (primary N) is 1. The maximum Gasteiger partial charge on any atom is 0.416 e. The Morgan fingerprint density at radius 1 is 1.15 bits per heavy atom. The second-order valence-electron chi connectivity index (χ2n) is 9.08. The number of fused-ring (bicyclic) bond motifs is 3. The molecule has 208 valence electrons. The fourth-order valence-corrected chi connectivity index (χ4v) is 5.26. The lowest BCUT2D eigenvalue weighted by Crippen LogP contribution is -2.21. The summed E-state index contributed by atoms with van der Waals surface area (Å²) in [6.07, 6.45) is -7.94. The summed E-state index contributed by atoms with van der Waals surface area (Å²) in [4.78, 5) is 25.7. The highest BCUT2D eigenvalue weighted by Crippen LogP contribution is 2.47. The van der Waals surface area contributed by atoms with Gasteiger partial charge in [-0.25, -0.2) is 17.6 Å². The lowest BCUT2D eigenvalue weighted by Gasteiger charge is -2.20. The van der Waals surface area contributed by atoms with Crippen molar-refractivity contribution < 1.29 is 40.3 Å². The summed E-state index contributed by atoms with van der Waals surface area (Å²) >= 11 is 6.29. The molecule has 1 atom stereocenters. The van der Waals surface area contributed by atoms with E-state index in [2.05, 4.69) is 10.4 Å². The normalized spacial score (nSPS) is 15.2. The van der Waals surface area contributed by atoms with Crippen molar-refractivity contribution in [2.24, 2.45) is 5.73 Å². The maximum atomic E-state index is 15.6. The quantitative estimate of drug-likeness (QED) is 0.275. The van der Waals surface area contributed by atoms with Gasteiger partial charge >= 0.3 is 6.18 Å². The molecule has 0 saturated carbocycles. The van der Waals surface area contributed by atoms with Crippen molar-refractivity contribution >= 4 is 34.3 Å². The van der Waals surface area contributed by atoms with Crippen molar-refractivity contribution in [1.29, 1.82) is 0 Å². The SMILES string of the molecule is Cc1nn(CC(F)F)c2cc(-c3c(F)cc(C(F)(F)F)cc3C(N)=O)c3c(c12)C(=O)NC3c1cc(F)ccc1Cl. The van der Waals surface area contributed by atoms with Gasteiger partial charge in [0.2, 0.25) is 5.91 Å². The zero-order chi connectivity index (χ0) is 29.3. The Kier molecular flexibility index (Phi) is 6.52. The first-order chi connectivity index (χ1) is 18.7. The maximum absolute atomic E-state index is 15.6. The molecule has 1 aromatic heterocycles. The molecule has 40 heavy (non-hydrogen) atoms. The van der Waals surface area contributed by atoms with E-state index in [4.69, 9.17) is 17.3 Å². The number of hydrogen-bond donors (Lipinski definition) is 2. The summed E-state index contributed by atoms with van der Waals surface area (Å²) in [5.74, 6) is -4.49. The van der Waals surface area contributed by atoms with Gasteiger partial charge in [0, 0.05) is 27.1 Å². The van der Waals surface area contributed by atoms with Crippen LogP contribution in [0.15, 0.2) is 36.4 Å². The number of hydrogen-bond acceptors (Lipinski definition) is 3. The topological polar surface area (TPSA) is 90.0 Å². The van der Waals surface area contributed by atoms with Crippen molar-refractivity contribution in [1.82, 2.24) is 15.1 Å². The molecule has 14 heteroatoms. The molecule has 0 aliphatic carbocycles. The van der Waals surface area contributed by atoms with Crippen LogP contribution in [0.25, 0.3) is 22.0 Å². The lowest BCUT2D eigenvalue weighted by atomic mass is 9.85. The monoisotopic (exact) mass is 584 g/mol. The van der Waals surface area contributed by atoms with Crippen molar-refractivity contribution in [3.8, 4) is 11.1 Å². The minimum Gasteiger partial charge on any atom is -0.366 e. The predicted octanol–water partition coefficient (Wildman–Crippen LogP) is 6.16. The minimum absolute atomic E-state index is 0.0138. The number of aromatic nitrogens is 2. The van der Waals surface area contributed by atoms with Crippen LogP contribution < -0.4 is 11.1 Å². The third-order valence-corrected chi connectivity index (χ3v) is 6.93. The van der Waals surface area contributed by atoms with Crippen molar-refractivity contribution in [3.05, 3.63) is 86.6 Å². The zero-order valence-corrected chi connectivity index (χ0v) is 20.9. The number of amides is 2. The van der Waals surface area contributed by atoms with Crippen LogP contribution in [0.4, 0.5) is 30.7 Å². The molecule has 1 aliphatic heterocycles. The van der Waals surface area contributed by atoms with E-state index in [1.54, 1.807) is 0 Å². The van der Waals surface area contributed by atoms with E-state index in [0.29, 0.717) is 6.07 Å². The number of rotatable bonds is 5. The van der Waals surface area contributed by atoms with Crippen LogP contribution in [0.2, 0.25) is 5.02 Å². The zero-order valence-electron chi connectivity index (χ0n) is 20.1. The molecule has 0 saturated heterocycles. The Labute approximate surface area is 225 Å². The van der Waals surface area contributed by atoms with Crippen LogP contribution in [0.1, 0.15) is 49.1 Å². The number of nitrogens with zero attached hydrogens (tertiary/aromatic N) is 2. The average Bonchev–Trinajstić information content (AvgIpc) is 3.35. The molecule has 6 nitrogen and oxygen atoms in total. The smallest absolute Gasteiger partial charge is 0.366 e. The molecule has 3 N–H and O–H groups in total. The number of aryl methyl sites for hydroxylation is 1. The van der Waals surface area contributed by atoms with Crippen LogP contribution in [0, 0.1) is 18.6 Å². The van der Waals surface area contributed by atoms with E-state index in [-0.39, 0.29) is 49.9 Å². The fraction of sp³-hybridized carbons (Fsp3) is 0.192. The van der Waals surface area contributed by atoms with Gasteiger partial charge in [-0.05, 0) is 48.9 Å². The molecular weight excluding hydrogens is 569 g/mol. The van der Waals surface area contributed by atoms with Crippen molar-refractivity contribution in [2.75, 3.05) is 0 Å². The molecule has 0 radical (unpaired) electrons. The van der Waals surface area contributed by atoms with Crippen LogP contribution in [-0.2, 0) is 12.7 Å². The molecule has 1 unspecified atom stereocenters. The standard InChI is InChI=1S/C26H16ClF7N4O2/c1-9-19-17(38(37-9)8-18(30)31)7-13(20-14(24(35)39)4-10(5-16(20)29)26(32,33)34)21-22(19)25(40)36-23(21)12-6-11(28)2-3-15(12)27/h2-7,18,23H,8H2,1H3,(H2,35,39)(H,36,40). The van der Waals surface area contributed by atoms with E-state index in [0.717, 1.165) is 22.9 Å². The number of carbonyl (C=O) groups is 2. The lowest BCUT2D eigenvalue weighted by molar-refractivity contribution is -0.137. The Morgan fingerprint density at radius 2 is 1.85 bits per heavy atom. The summed E-state index contributed by atoms with van der Waals surface area (Å²) in [7, 11) is 0. The third kappa shape index (κ3) is 4.43. The largest absolute Gasteiger partial charge is 0.416 e. The summed E-state index contributed by atoms with van der Waals surface area (Å²) < 4.78 is 97.8. The molecular formula is C26H16ClF7N4O2. The highest BCUT2D eigenvalue weighted by molar-refractivity contribution is 6.31. The third-order valence-electron chi connectivity index (χ3n) is 6.58. The van der Waals surface area contributed by atoms with E-state index >= 15 is 4.39 Å². The van der Waals surface area contributed by atoms with E-state index in [1.807, 2.05) is 0 Å². The van der Waals surface area contributed by atoms with Crippen LogP contribution >= 0.6 is 11.6 Å². The highest BCUT2D eigenvalue weighted by Gasteiger charge is 2.40. The van der Waals surface area contributed by atoms with Gasteiger partial charge in [-0.15, -0.1) is 0 Å². The predicted molar refractivity (Wildman–Crippen MR) is 130 cm³/mol.